The quantitative estimate of drug-likeness (QED) is 0.157. The molecule has 9 nitrogen and oxygen atoms in total. The van der Waals surface area contributed by atoms with Gasteiger partial charge < -0.3 is 0 Å². The first kappa shape index (κ1) is 31.6. The van der Waals surface area contributed by atoms with Crippen LogP contribution in [0.5, 0.6) is 0 Å². The molecule has 4 aromatic rings. The Morgan fingerprint density at radius 1 is 1.09 bits per heavy atom. The molecule has 2 aromatic carbocycles. The summed E-state index contributed by atoms with van der Waals surface area (Å²) in [4.78, 5) is 39.7. The van der Waals surface area contributed by atoms with Crippen molar-refractivity contribution in [3.8, 4) is 11.1 Å². The van der Waals surface area contributed by atoms with Gasteiger partial charge >= 0.3 is 264 Å². The van der Waals surface area contributed by atoms with Crippen LogP contribution in [0.1, 0.15) is 60.6 Å². The summed E-state index contributed by atoms with van der Waals surface area (Å²) in [6.45, 7) is 8.94. The van der Waals surface area contributed by atoms with Gasteiger partial charge in [0.15, 0.2) is 0 Å². The fourth-order valence-electron chi connectivity index (χ4n) is 4.89. The van der Waals surface area contributed by atoms with E-state index in [1.807, 2.05) is 69.3 Å². The third kappa shape index (κ3) is 7.80. The molecule has 3 heterocycles. The molecule has 1 aliphatic heterocycles. The molecule has 2 amide bonds. The second-order valence-electron chi connectivity index (χ2n) is 11.8. The number of nitrogens with zero attached hydrogens (tertiary/aromatic N) is 4. The van der Waals surface area contributed by atoms with Crippen molar-refractivity contribution in [1.29, 1.82) is 0 Å². The molecule has 230 valence electrons. The van der Waals surface area contributed by atoms with Crippen molar-refractivity contribution < 1.29 is 19.1 Å². The molecule has 0 fully saturated rings. The molecule has 44 heavy (non-hydrogen) atoms. The predicted octanol–water partition coefficient (Wildman–Crippen LogP) is 7.05. The second-order valence-corrected chi connectivity index (χ2v) is 14.1. The van der Waals surface area contributed by atoms with Crippen molar-refractivity contribution in [3.05, 3.63) is 97.7 Å². The minimum absolute atomic E-state index is 0.0304. The number of amides is 2. The Bertz CT molecular complexity index is 1640. The number of halogens is 1. The van der Waals surface area contributed by atoms with Gasteiger partial charge in [-0.1, -0.05) is 6.07 Å². The maximum absolute atomic E-state index is 12.7. The molecule has 1 N–H and O–H groups in total. The number of hydrogen-bond donors (Lipinski definition) is 1. The van der Waals surface area contributed by atoms with E-state index in [9.17, 15) is 9.59 Å². The van der Waals surface area contributed by atoms with Crippen molar-refractivity contribution in [2.24, 2.45) is 0 Å². The average molecular weight is 681 g/mol. The van der Waals surface area contributed by atoms with Gasteiger partial charge in [-0.05, 0) is 0 Å². The third-order valence-electron chi connectivity index (χ3n) is 7.06. The second kappa shape index (κ2) is 13.4. The summed E-state index contributed by atoms with van der Waals surface area (Å²) < 4.78 is 12.3. The maximum atomic E-state index is 12.7. The van der Waals surface area contributed by atoms with Gasteiger partial charge in [0, 0.05) is 0 Å². The van der Waals surface area contributed by atoms with Crippen molar-refractivity contribution in [2.45, 2.75) is 65.6 Å². The van der Waals surface area contributed by atoms with Gasteiger partial charge in [0.25, 0.3) is 0 Å². The van der Waals surface area contributed by atoms with Crippen molar-refractivity contribution in [2.75, 3.05) is 12.4 Å². The van der Waals surface area contributed by atoms with Crippen LogP contribution in [0.3, 0.4) is 0 Å². The van der Waals surface area contributed by atoms with Gasteiger partial charge in [-0.15, -0.1) is 0 Å². The number of anilines is 1. The Kier molecular flexibility index (Phi) is 9.63. The summed E-state index contributed by atoms with van der Waals surface area (Å²) in [6, 6.07) is 19.9. The first-order valence-electron chi connectivity index (χ1n) is 14.3. The molecule has 0 bridgehead atoms. The van der Waals surface area contributed by atoms with Gasteiger partial charge in [-0.3, -0.25) is 0 Å². The van der Waals surface area contributed by atoms with E-state index >= 15 is 0 Å². The van der Waals surface area contributed by atoms with Crippen LogP contribution >= 0.6 is 11.6 Å². The molecule has 0 aliphatic carbocycles. The Labute approximate surface area is 268 Å². The molecule has 0 saturated carbocycles. The fraction of sp³-hybridized carbons (Fsp3) is 0.333. The summed E-state index contributed by atoms with van der Waals surface area (Å²) >= 11 is 6.39. The number of hydrogen-bond acceptors (Lipinski definition) is 7. The summed E-state index contributed by atoms with van der Waals surface area (Å²) in [6.07, 6.45) is -0.765. The third-order valence-corrected chi connectivity index (χ3v) is 9.57. The average Bonchev–Trinajstić information content (AvgIpc) is 3.64. The number of ether oxygens (including phenoxy) is 2. The number of aromatic nitrogens is 2. The number of fused-ring (bicyclic) bond motifs is 1. The van der Waals surface area contributed by atoms with E-state index in [2.05, 4.69) is 39.3 Å². The van der Waals surface area contributed by atoms with Crippen LogP contribution in [-0.2, 0) is 35.7 Å². The Balaban J connectivity index is 1.26. The fourth-order valence-corrected chi connectivity index (χ4v) is 7.00. The molecule has 2 aromatic heterocycles. The number of carbonyl (C=O) groups is 2. The van der Waals surface area contributed by atoms with Crippen LogP contribution in [0.25, 0.3) is 11.1 Å². The van der Waals surface area contributed by atoms with Crippen molar-refractivity contribution in [3.63, 3.8) is 0 Å². The van der Waals surface area contributed by atoms with Crippen molar-refractivity contribution >= 4 is 44.1 Å². The van der Waals surface area contributed by atoms with E-state index in [0.717, 1.165) is 33.5 Å². The van der Waals surface area contributed by atoms with Crippen LogP contribution < -0.4 is 5.32 Å². The summed E-state index contributed by atoms with van der Waals surface area (Å²) in [5.74, 6) is 0.625. The Hall–Kier alpha value is -3.85. The molecular weight excluding hydrogens is 645 g/mol. The number of carbonyl (C=O) groups excluding carboxylic acids is 2. The molecule has 1 aliphatic rings. The van der Waals surface area contributed by atoms with E-state index in [1.54, 1.807) is 16.8 Å². The van der Waals surface area contributed by atoms with Crippen molar-refractivity contribution in [1.82, 2.24) is 19.8 Å². The summed E-state index contributed by atoms with van der Waals surface area (Å²) in [5.41, 5.74) is 5.16. The molecule has 0 unspecified atom stereocenters. The van der Waals surface area contributed by atoms with Crippen LogP contribution in [0.15, 0.2) is 65.6 Å². The van der Waals surface area contributed by atoms with Crippen LogP contribution in [0.2, 0.25) is 5.28 Å². The predicted molar refractivity (Wildman–Crippen MR) is 171 cm³/mol. The van der Waals surface area contributed by atoms with Gasteiger partial charge in [0.1, 0.15) is 0 Å². The van der Waals surface area contributed by atoms with E-state index in [-0.39, 0.29) is 38.5 Å². The Morgan fingerprint density at radius 3 is 2.57 bits per heavy atom. The van der Waals surface area contributed by atoms with Crippen LogP contribution in [-0.4, -0.2) is 59.1 Å². The monoisotopic (exact) mass is 681 g/mol. The number of rotatable bonds is 8. The molecule has 0 radical (unpaired) electrons. The van der Waals surface area contributed by atoms with Gasteiger partial charge in [-0.25, -0.2) is 0 Å². The number of benzene rings is 2. The van der Waals surface area contributed by atoms with E-state index in [0.29, 0.717) is 25.5 Å². The zero-order valence-corrected chi connectivity index (χ0v) is 27.9. The number of nitrogens with one attached hydrogen (secondary N) is 1. The van der Waals surface area contributed by atoms with E-state index in [1.165, 1.54) is 4.44 Å². The normalized spacial score (nSPS) is 13.3. The standard InChI is InChI=1S/C33H36ClN5O4Se/c1-21(35-29-26-17-39(32(41)43-33(2,3)4)18-27(26)36-30(34)37-29)28-15-24(20-44-28)25-14-10-9-13-23(25)16-38(5)31(40)42-19-22-11-7-6-8-12-22/h6-15,20-21H,16-19H2,1-5H3,(H,35,36,37)/t21-/m1/s1. The SMILES string of the molecule is C[C@@H](Nc1nc(Cl)nc2c1CN(C(=O)OC(C)(C)C)C2)c1cc(-c2ccccc2CN(C)C(=O)OCc2ccccc2)c[se]1. The van der Waals surface area contributed by atoms with Gasteiger partial charge in [0.05, 0.1) is 0 Å². The molecule has 1 atom stereocenters. The van der Waals surface area contributed by atoms with Crippen LogP contribution in [0, 0.1) is 0 Å². The zero-order valence-electron chi connectivity index (χ0n) is 25.5. The minimum atomic E-state index is -0.591. The van der Waals surface area contributed by atoms with Crippen LogP contribution in [0.4, 0.5) is 15.4 Å². The molecule has 0 spiro atoms. The summed E-state index contributed by atoms with van der Waals surface area (Å²) in [5, 5.41) is 3.66. The molecular formula is C33H36ClN5O4Se. The van der Waals surface area contributed by atoms with Gasteiger partial charge in [0.2, 0.25) is 0 Å². The van der Waals surface area contributed by atoms with E-state index < -0.39 is 11.7 Å². The zero-order chi connectivity index (χ0) is 31.4. The molecule has 5 rings (SSSR count). The molecule has 0 saturated heterocycles. The Morgan fingerprint density at radius 2 is 1.82 bits per heavy atom. The summed E-state index contributed by atoms with van der Waals surface area (Å²) in [7, 11) is 1.75. The first-order chi connectivity index (χ1) is 21.0. The molecule has 11 heteroatoms. The van der Waals surface area contributed by atoms with E-state index in [4.69, 9.17) is 21.1 Å². The van der Waals surface area contributed by atoms with Gasteiger partial charge in [-0.2, -0.15) is 0 Å². The topological polar surface area (TPSA) is 96.9 Å². The first-order valence-corrected chi connectivity index (χ1v) is 16.6.